The third-order valence-corrected chi connectivity index (χ3v) is 3.57. The van der Waals surface area contributed by atoms with Gasteiger partial charge in [0.05, 0.1) is 16.7 Å². The minimum atomic E-state index is 0.518. The van der Waals surface area contributed by atoms with Gasteiger partial charge in [0, 0.05) is 5.92 Å². The second-order valence-corrected chi connectivity index (χ2v) is 4.73. The largest absolute Gasteiger partial charge is 0.248 e. The number of hydrogen-bond donors (Lipinski definition) is 0. The fourth-order valence-electron chi connectivity index (χ4n) is 2.45. The van der Waals surface area contributed by atoms with Crippen LogP contribution >= 0.6 is 11.6 Å². The molecule has 0 radical (unpaired) electrons. The molecule has 3 rings (SSSR count). The third-order valence-electron chi connectivity index (χ3n) is 3.29. The second-order valence-electron chi connectivity index (χ2n) is 4.37. The molecule has 1 saturated carbocycles. The predicted molar refractivity (Wildman–Crippen MR) is 65.8 cm³/mol. The van der Waals surface area contributed by atoms with Gasteiger partial charge in [-0.2, -0.15) is 0 Å². The molecule has 1 aliphatic rings. The molecule has 0 N–H and O–H groups in total. The third kappa shape index (κ3) is 1.67. The molecule has 1 aromatic heterocycles. The van der Waals surface area contributed by atoms with Crippen LogP contribution in [0.2, 0.25) is 5.15 Å². The van der Waals surface area contributed by atoms with Crippen LogP contribution in [-0.2, 0) is 0 Å². The standard InChI is InChI=1S/C13H13ClN2/c14-13-12(9-5-1-2-6-9)15-10-7-3-4-8-11(10)16-13/h3-4,7-9H,1-2,5-6H2. The van der Waals surface area contributed by atoms with Gasteiger partial charge in [0.2, 0.25) is 0 Å². The summed E-state index contributed by atoms with van der Waals surface area (Å²) in [6.45, 7) is 0. The van der Waals surface area contributed by atoms with Crippen LogP contribution < -0.4 is 0 Å². The van der Waals surface area contributed by atoms with Crippen LogP contribution in [0.5, 0.6) is 0 Å². The lowest BCUT2D eigenvalue weighted by Gasteiger charge is -2.10. The molecule has 82 valence electrons. The Balaban J connectivity index is 2.13. The van der Waals surface area contributed by atoms with Crippen LogP contribution in [0.25, 0.3) is 11.0 Å². The minimum Gasteiger partial charge on any atom is -0.248 e. The van der Waals surface area contributed by atoms with Gasteiger partial charge in [0.25, 0.3) is 0 Å². The predicted octanol–water partition coefficient (Wildman–Crippen LogP) is 3.94. The first-order chi connectivity index (χ1) is 7.84. The first kappa shape index (κ1) is 10.0. The topological polar surface area (TPSA) is 25.8 Å². The zero-order chi connectivity index (χ0) is 11.0. The highest BCUT2D eigenvalue weighted by Gasteiger charge is 2.22. The number of aromatic nitrogens is 2. The highest BCUT2D eigenvalue weighted by molar-refractivity contribution is 6.30. The summed E-state index contributed by atoms with van der Waals surface area (Å²) in [7, 11) is 0. The Morgan fingerprint density at radius 1 is 1.00 bits per heavy atom. The van der Waals surface area contributed by atoms with E-state index in [1.54, 1.807) is 0 Å². The van der Waals surface area contributed by atoms with Gasteiger partial charge in [-0.05, 0) is 25.0 Å². The van der Waals surface area contributed by atoms with Gasteiger partial charge in [0.15, 0.2) is 5.15 Å². The smallest absolute Gasteiger partial charge is 0.151 e. The number of hydrogen-bond acceptors (Lipinski definition) is 2. The van der Waals surface area contributed by atoms with E-state index in [0.29, 0.717) is 11.1 Å². The summed E-state index contributed by atoms with van der Waals surface area (Å²) >= 11 is 6.21. The van der Waals surface area contributed by atoms with Gasteiger partial charge < -0.3 is 0 Å². The van der Waals surface area contributed by atoms with Gasteiger partial charge in [-0.1, -0.05) is 36.6 Å². The molecular formula is C13H13ClN2. The number of nitrogens with zero attached hydrogens (tertiary/aromatic N) is 2. The van der Waals surface area contributed by atoms with Crippen molar-refractivity contribution in [2.75, 3.05) is 0 Å². The maximum absolute atomic E-state index is 6.21. The quantitative estimate of drug-likeness (QED) is 0.744. The molecule has 1 aliphatic carbocycles. The normalized spacial score (nSPS) is 17.1. The second kappa shape index (κ2) is 4.02. The van der Waals surface area contributed by atoms with Gasteiger partial charge in [-0.3, -0.25) is 0 Å². The first-order valence-electron chi connectivity index (χ1n) is 5.77. The highest BCUT2D eigenvalue weighted by atomic mass is 35.5. The summed E-state index contributed by atoms with van der Waals surface area (Å²) in [4.78, 5) is 9.09. The van der Waals surface area contributed by atoms with Crippen molar-refractivity contribution in [3.8, 4) is 0 Å². The van der Waals surface area contributed by atoms with E-state index in [2.05, 4.69) is 9.97 Å². The monoisotopic (exact) mass is 232 g/mol. The summed E-state index contributed by atoms with van der Waals surface area (Å²) in [6.07, 6.45) is 4.98. The van der Waals surface area contributed by atoms with Crippen molar-refractivity contribution < 1.29 is 0 Å². The van der Waals surface area contributed by atoms with Gasteiger partial charge in [-0.25, -0.2) is 9.97 Å². The van der Waals surface area contributed by atoms with Crippen molar-refractivity contribution >= 4 is 22.6 Å². The van der Waals surface area contributed by atoms with Gasteiger partial charge >= 0.3 is 0 Å². The van der Waals surface area contributed by atoms with Crippen LogP contribution in [-0.4, -0.2) is 9.97 Å². The fourth-order valence-corrected chi connectivity index (χ4v) is 2.74. The fraction of sp³-hybridized carbons (Fsp3) is 0.385. The average molecular weight is 233 g/mol. The number of halogens is 1. The molecule has 0 atom stereocenters. The van der Waals surface area contributed by atoms with Gasteiger partial charge in [0.1, 0.15) is 0 Å². The Hall–Kier alpha value is -1.15. The van der Waals surface area contributed by atoms with Crippen LogP contribution in [0.1, 0.15) is 37.3 Å². The molecule has 0 saturated heterocycles. The Bertz CT molecular complexity index is 518. The molecule has 2 nitrogen and oxygen atoms in total. The molecule has 0 spiro atoms. The molecule has 1 aromatic carbocycles. The van der Waals surface area contributed by atoms with Gasteiger partial charge in [-0.15, -0.1) is 0 Å². The zero-order valence-electron chi connectivity index (χ0n) is 8.99. The number of para-hydroxylation sites is 2. The number of benzene rings is 1. The summed E-state index contributed by atoms with van der Waals surface area (Å²) in [5.41, 5.74) is 2.83. The first-order valence-corrected chi connectivity index (χ1v) is 6.14. The van der Waals surface area contributed by atoms with Crippen LogP contribution in [0.4, 0.5) is 0 Å². The lowest BCUT2D eigenvalue weighted by atomic mass is 10.0. The van der Waals surface area contributed by atoms with Crippen molar-refractivity contribution in [3.05, 3.63) is 35.1 Å². The zero-order valence-corrected chi connectivity index (χ0v) is 9.74. The van der Waals surface area contributed by atoms with E-state index in [1.807, 2.05) is 24.3 Å². The van der Waals surface area contributed by atoms with E-state index in [-0.39, 0.29) is 0 Å². The Morgan fingerprint density at radius 3 is 2.31 bits per heavy atom. The van der Waals surface area contributed by atoms with E-state index in [1.165, 1.54) is 25.7 Å². The molecule has 0 aliphatic heterocycles. The summed E-state index contributed by atoms with van der Waals surface area (Å²) in [6, 6.07) is 7.90. The molecular weight excluding hydrogens is 220 g/mol. The van der Waals surface area contributed by atoms with Crippen LogP contribution in [0, 0.1) is 0 Å². The van der Waals surface area contributed by atoms with Crippen LogP contribution in [0.15, 0.2) is 24.3 Å². The molecule has 0 bridgehead atoms. The minimum absolute atomic E-state index is 0.518. The molecule has 16 heavy (non-hydrogen) atoms. The molecule has 1 fully saturated rings. The van der Waals surface area contributed by atoms with E-state index < -0.39 is 0 Å². The summed E-state index contributed by atoms with van der Waals surface area (Å²) in [5.74, 6) is 0.518. The summed E-state index contributed by atoms with van der Waals surface area (Å²) in [5, 5.41) is 0.589. The molecule has 1 heterocycles. The average Bonchev–Trinajstić information content (AvgIpc) is 2.81. The SMILES string of the molecule is Clc1nc2ccccc2nc1C1CCCC1. The van der Waals surface area contributed by atoms with Crippen molar-refractivity contribution in [2.24, 2.45) is 0 Å². The maximum atomic E-state index is 6.21. The van der Waals surface area contributed by atoms with E-state index in [9.17, 15) is 0 Å². The Morgan fingerprint density at radius 2 is 1.62 bits per heavy atom. The molecule has 3 heteroatoms. The number of rotatable bonds is 1. The highest BCUT2D eigenvalue weighted by Crippen LogP contribution is 2.36. The lowest BCUT2D eigenvalue weighted by molar-refractivity contribution is 0.697. The van der Waals surface area contributed by atoms with E-state index >= 15 is 0 Å². The molecule has 0 amide bonds. The molecule has 0 unspecified atom stereocenters. The Labute approximate surface area is 99.7 Å². The number of fused-ring (bicyclic) bond motifs is 1. The maximum Gasteiger partial charge on any atom is 0.151 e. The summed E-state index contributed by atoms with van der Waals surface area (Å²) < 4.78 is 0. The van der Waals surface area contributed by atoms with E-state index in [4.69, 9.17) is 11.6 Å². The lowest BCUT2D eigenvalue weighted by Crippen LogP contribution is -2.00. The van der Waals surface area contributed by atoms with Crippen molar-refractivity contribution in [1.82, 2.24) is 9.97 Å². The van der Waals surface area contributed by atoms with Crippen LogP contribution in [0.3, 0.4) is 0 Å². The van der Waals surface area contributed by atoms with Crippen molar-refractivity contribution in [2.45, 2.75) is 31.6 Å². The van der Waals surface area contributed by atoms with Crippen molar-refractivity contribution in [3.63, 3.8) is 0 Å². The Kier molecular flexibility index (Phi) is 2.52. The molecule has 2 aromatic rings. The van der Waals surface area contributed by atoms with E-state index in [0.717, 1.165) is 16.7 Å². The van der Waals surface area contributed by atoms with Crippen molar-refractivity contribution in [1.29, 1.82) is 0 Å².